The van der Waals surface area contributed by atoms with E-state index in [1.54, 1.807) is 12.1 Å². The number of nitrogens with zero attached hydrogens (tertiary/aromatic N) is 1. The van der Waals surface area contributed by atoms with Crippen LogP contribution >= 0.6 is 11.6 Å². The maximum atomic E-state index is 14.0. The monoisotopic (exact) mass is 346 g/mol. The van der Waals surface area contributed by atoms with E-state index < -0.39 is 17.8 Å². The molecule has 0 saturated carbocycles. The third-order valence-corrected chi connectivity index (χ3v) is 4.25. The summed E-state index contributed by atoms with van der Waals surface area (Å²) < 4.78 is 14.0. The Morgan fingerprint density at radius 1 is 1.17 bits per heavy atom. The molecule has 0 bridgehead atoms. The molecule has 1 aliphatic rings. The molecule has 1 fully saturated rings. The zero-order chi connectivity index (χ0) is 17.1. The van der Waals surface area contributed by atoms with Crippen LogP contribution in [-0.2, 0) is 4.79 Å². The van der Waals surface area contributed by atoms with Crippen LogP contribution in [0, 0.1) is 5.82 Å². The summed E-state index contributed by atoms with van der Waals surface area (Å²) in [5.74, 6) is -1.43. The summed E-state index contributed by atoms with van der Waals surface area (Å²) in [7, 11) is 0. The first-order valence-electron chi connectivity index (χ1n) is 7.68. The normalized spacial score (nSPS) is 16.9. The lowest BCUT2D eigenvalue weighted by molar-refractivity contribution is -0.119. The third kappa shape index (κ3) is 3.41. The Bertz CT molecular complexity index is 767. The van der Waals surface area contributed by atoms with Gasteiger partial charge < -0.3 is 10.2 Å². The number of benzene rings is 2. The number of amides is 2. The van der Waals surface area contributed by atoms with Crippen LogP contribution in [0.1, 0.15) is 23.2 Å². The number of anilines is 1. The topological polar surface area (TPSA) is 49.4 Å². The molecule has 1 saturated heterocycles. The summed E-state index contributed by atoms with van der Waals surface area (Å²) in [6.07, 6.45) is 1.26. The standard InChI is InChI=1S/C18H16ClFN2O2/c19-12-8-9-14(15(20)11-12)18(24)22-10-4-7-16(22)17(23)21-13-5-2-1-3-6-13/h1-3,5-6,8-9,11,16H,4,7,10H2,(H,21,23). The first-order chi connectivity index (χ1) is 11.6. The molecule has 2 amide bonds. The highest BCUT2D eigenvalue weighted by atomic mass is 35.5. The molecule has 2 aromatic rings. The van der Waals surface area contributed by atoms with E-state index >= 15 is 0 Å². The first-order valence-corrected chi connectivity index (χ1v) is 8.06. The molecule has 1 heterocycles. The minimum Gasteiger partial charge on any atom is -0.327 e. The van der Waals surface area contributed by atoms with Crippen molar-refractivity contribution in [3.8, 4) is 0 Å². The molecule has 1 N–H and O–H groups in total. The van der Waals surface area contributed by atoms with E-state index in [2.05, 4.69) is 5.32 Å². The molecule has 1 atom stereocenters. The molecule has 0 spiro atoms. The van der Waals surface area contributed by atoms with Crippen LogP contribution < -0.4 is 5.32 Å². The molecule has 0 radical (unpaired) electrons. The van der Waals surface area contributed by atoms with Crippen LogP contribution in [0.2, 0.25) is 5.02 Å². The molecule has 3 rings (SSSR count). The number of likely N-dealkylation sites (tertiary alicyclic amines) is 1. The Hall–Kier alpha value is -2.40. The molecule has 124 valence electrons. The van der Waals surface area contributed by atoms with E-state index in [0.29, 0.717) is 25.1 Å². The molecule has 1 aliphatic heterocycles. The average Bonchev–Trinajstić information content (AvgIpc) is 3.05. The third-order valence-electron chi connectivity index (χ3n) is 4.02. The fourth-order valence-corrected chi connectivity index (χ4v) is 3.01. The van der Waals surface area contributed by atoms with Crippen molar-refractivity contribution in [1.29, 1.82) is 0 Å². The van der Waals surface area contributed by atoms with Gasteiger partial charge in [0.1, 0.15) is 11.9 Å². The van der Waals surface area contributed by atoms with Crippen molar-refractivity contribution in [2.45, 2.75) is 18.9 Å². The smallest absolute Gasteiger partial charge is 0.257 e. The number of rotatable bonds is 3. The maximum absolute atomic E-state index is 14.0. The van der Waals surface area contributed by atoms with Crippen LogP contribution in [0.15, 0.2) is 48.5 Å². The Balaban J connectivity index is 1.77. The summed E-state index contributed by atoms with van der Waals surface area (Å²) >= 11 is 5.72. The molecule has 2 aromatic carbocycles. The van der Waals surface area contributed by atoms with Gasteiger partial charge in [0, 0.05) is 17.3 Å². The molecule has 6 heteroatoms. The molecule has 0 aliphatic carbocycles. The van der Waals surface area contributed by atoms with Gasteiger partial charge in [-0.05, 0) is 43.2 Å². The number of carbonyl (C=O) groups is 2. The van der Waals surface area contributed by atoms with Gasteiger partial charge in [-0.3, -0.25) is 9.59 Å². The Labute approximate surface area is 144 Å². The van der Waals surface area contributed by atoms with Gasteiger partial charge in [-0.2, -0.15) is 0 Å². The highest BCUT2D eigenvalue weighted by Crippen LogP contribution is 2.24. The van der Waals surface area contributed by atoms with Gasteiger partial charge in [-0.25, -0.2) is 4.39 Å². The number of hydrogen-bond donors (Lipinski definition) is 1. The van der Waals surface area contributed by atoms with E-state index in [1.807, 2.05) is 18.2 Å². The van der Waals surface area contributed by atoms with Crippen molar-refractivity contribution in [3.05, 3.63) is 64.9 Å². The highest BCUT2D eigenvalue weighted by molar-refractivity contribution is 6.30. The number of para-hydroxylation sites is 1. The summed E-state index contributed by atoms with van der Waals surface area (Å²) in [5.41, 5.74) is 0.596. The molecule has 4 nitrogen and oxygen atoms in total. The quantitative estimate of drug-likeness (QED) is 0.920. The lowest BCUT2D eigenvalue weighted by Gasteiger charge is -2.24. The van der Waals surface area contributed by atoms with Gasteiger partial charge in [-0.15, -0.1) is 0 Å². The predicted octanol–water partition coefficient (Wildman–Crippen LogP) is 3.72. The van der Waals surface area contributed by atoms with Crippen LogP contribution in [0.4, 0.5) is 10.1 Å². The van der Waals surface area contributed by atoms with Crippen molar-refractivity contribution in [3.63, 3.8) is 0 Å². The molecular weight excluding hydrogens is 331 g/mol. The molecule has 24 heavy (non-hydrogen) atoms. The van der Waals surface area contributed by atoms with Crippen molar-refractivity contribution in [1.82, 2.24) is 4.90 Å². The Morgan fingerprint density at radius 3 is 2.62 bits per heavy atom. The van der Waals surface area contributed by atoms with Crippen molar-refractivity contribution >= 4 is 29.1 Å². The van der Waals surface area contributed by atoms with Crippen molar-refractivity contribution in [2.24, 2.45) is 0 Å². The minimum absolute atomic E-state index is 0.0705. The zero-order valence-corrected chi connectivity index (χ0v) is 13.6. The fraction of sp³-hybridized carbons (Fsp3) is 0.222. The van der Waals surface area contributed by atoms with E-state index in [1.165, 1.54) is 17.0 Å². The van der Waals surface area contributed by atoms with Gasteiger partial charge in [-0.1, -0.05) is 29.8 Å². The fourth-order valence-electron chi connectivity index (χ4n) is 2.85. The second-order valence-electron chi connectivity index (χ2n) is 5.64. The van der Waals surface area contributed by atoms with Crippen molar-refractivity contribution < 1.29 is 14.0 Å². The minimum atomic E-state index is -0.679. The van der Waals surface area contributed by atoms with E-state index in [0.717, 1.165) is 6.07 Å². The summed E-state index contributed by atoms with van der Waals surface area (Å²) in [6.45, 7) is 0.424. The van der Waals surface area contributed by atoms with Crippen LogP contribution in [0.3, 0.4) is 0 Å². The van der Waals surface area contributed by atoms with Crippen LogP contribution in [0.5, 0.6) is 0 Å². The van der Waals surface area contributed by atoms with Gasteiger partial charge in [0.05, 0.1) is 5.56 Å². The number of halogens is 2. The zero-order valence-electron chi connectivity index (χ0n) is 12.8. The second-order valence-corrected chi connectivity index (χ2v) is 6.07. The molecule has 0 aromatic heterocycles. The van der Waals surface area contributed by atoms with Crippen molar-refractivity contribution in [2.75, 3.05) is 11.9 Å². The summed E-state index contributed by atoms with van der Waals surface area (Å²) in [5, 5.41) is 3.02. The largest absolute Gasteiger partial charge is 0.327 e. The summed E-state index contributed by atoms with van der Waals surface area (Å²) in [4.78, 5) is 26.5. The van der Waals surface area contributed by atoms with Gasteiger partial charge in [0.15, 0.2) is 0 Å². The Morgan fingerprint density at radius 2 is 1.92 bits per heavy atom. The predicted molar refractivity (Wildman–Crippen MR) is 90.5 cm³/mol. The van der Waals surface area contributed by atoms with Gasteiger partial charge in [0.25, 0.3) is 5.91 Å². The Kier molecular flexibility index (Phi) is 4.81. The molecule has 1 unspecified atom stereocenters. The highest BCUT2D eigenvalue weighted by Gasteiger charge is 2.35. The lowest BCUT2D eigenvalue weighted by atomic mass is 10.1. The number of carbonyl (C=O) groups excluding carboxylic acids is 2. The van der Waals surface area contributed by atoms with Gasteiger partial charge in [0.2, 0.25) is 5.91 Å². The summed E-state index contributed by atoms with van der Waals surface area (Å²) in [6, 6.07) is 12.3. The average molecular weight is 347 g/mol. The number of nitrogens with one attached hydrogen (secondary N) is 1. The SMILES string of the molecule is O=C(Nc1ccccc1)C1CCCN1C(=O)c1ccc(Cl)cc1F. The van der Waals surface area contributed by atoms with Crippen LogP contribution in [-0.4, -0.2) is 29.3 Å². The molecular formula is C18H16ClFN2O2. The maximum Gasteiger partial charge on any atom is 0.257 e. The van der Waals surface area contributed by atoms with Gasteiger partial charge >= 0.3 is 0 Å². The van der Waals surface area contributed by atoms with E-state index in [9.17, 15) is 14.0 Å². The van der Waals surface area contributed by atoms with E-state index in [4.69, 9.17) is 11.6 Å². The lowest BCUT2D eigenvalue weighted by Crippen LogP contribution is -2.43. The van der Waals surface area contributed by atoms with Crippen LogP contribution in [0.25, 0.3) is 0 Å². The van der Waals surface area contributed by atoms with E-state index in [-0.39, 0.29) is 16.5 Å². The second kappa shape index (κ2) is 7.01. The first kappa shape index (κ1) is 16.5. The number of hydrogen-bond acceptors (Lipinski definition) is 2.